The molecule has 0 saturated carbocycles. The Morgan fingerprint density at radius 1 is 1.25 bits per heavy atom. The van der Waals surface area contributed by atoms with Crippen LogP contribution in [0.2, 0.25) is 0 Å². The molecule has 0 atom stereocenters. The van der Waals surface area contributed by atoms with Gasteiger partial charge in [0, 0.05) is 18.3 Å². The van der Waals surface area contributed by atoms with Gasteiger partial charge in [0.1, 0.15) is 0 Å². The smallest absolute Gasteiger partial charge is 0.411 e. The summed E-state index contributed by atoms with van der Waals surface area (Å²) in [6.45, 7) is 0.464. The normalized spacial score (nSPS) is 12.7. The molecule has 1 aliphatic rings. The van der Waals surface area contributed by atoms with Crippen molar-refractivity contribution in [2.24, 2.45) is 0 Å². The summed E-state index contributed by atoms with van der Waals surface area (Å²) in [6.07, 6.45) is 7.24. The quantitative estimate of drug-likeness (QED) is 0.862. The van der Waals surface area contributed by atoms with Crippen molar-refractivity contribution in [3.8, 4) is 11.5 Å². The molecule has 0 unspecified atom stereocenters. The van der Waals surface area contributed by atoms with Gasteiger partial charge in [0.05, 0.1) is 0 Å². The van der Waals surface area contributed by atoms with E-state index in [4.69, 9.17) is 9.52 Å². The third kappa shape index (κ3) is 3.81. The van der Waals surface area contributed by atoms with Gasteiger partial charge in [-0.25, -0.2) is 4.79 Å². The Morgan fingerprint density at radius 2 is 2.05 bits per heavy atom. The van der Waals surface area contributed by atoms with Gasteiger partial charge in [-0.2, -0.15) is 0 Å². The van der Waals surface area contributed by atoms with Gasteiger partial charge in [-0.3, -0.25) is 4.90 Å². The molecular formula is C14H13N3O3. The van der Waals surface area contributed by atoms with E-state index >= 15 is 0 Å². The first-order chi connectivity index (χ1) is 9.77. The van der Waals surface area contributed by atoms with Crippen molar-refractivity contribution >= 4 is 6.09 Å². The van der Waals surface area contributed by atoms with Gasteiger partial charge in [0.2, 0.25) is 12.3 Å². The molecule has 0 bridgehead atoms. The Balaban J connectivity index is 0.000000151. The van der Waals surface area contributed by atoms with Crippen molar-refractivity contribution in [2.75, 3.05) is 6.54 Å². The second-order valence-electron chi connectivity index (χ2n) is 3.81. The molecule has 1 aromatic carbocycles. The minimum absolute atomic E-state index is 0.464. The molecule has 1 N–H and O–H groups in total. The predicted octanol–water partition coefficient (Wildman–Crippen LogP) is 2.79. The van der Waals surface area contributed by atoms with E-state index in [-0.39, 0.29) is 0 Å². The van der Waals surface area contributed by atoms with Gasteiger partial charge in [-0.1, -0.05) is 30.4 Å². The van der Waals surface area contributed by atoms with Crippen molar-refractivity contribution in [2.45, 2.75) is 0 Å². The summed E-state index contributed by atoms with van der Waals surface area (Å²) in [5, 5.41) is 15.7. The zero-order chi connectivity index (χ0) is 14.2. The highest BCUT2D eigenvalue weighted by molar-refractivity contribution is 5.66. The first kappa shape index (κ1) is 13.5. The number of hydrogen-bond donors (Lipinski definition) is 1. The Kier molecular flexibility index (Phi) is 4.66. The molecule has 1 amide bonds. The number of amides is 1. The predicted molar refractivity (Wildman–Crippen MR) is 72.7 cm³/mol. The maximum absolute atomic E-state index is 10.2. The van der Waals surface area contributed by atoms with Crippen LogP contribution < -0.4 is 0 Å². The number of benzene rings is 1. The topological polar surface area (TPSA) is 79.5 Å². The van der Waals surface area contributed by atoms with Crippen molar-refractivity contribution in [3.63, 3.8) is 0 Å². The van der Waals surface area contributed by atoms with E-state index in [0.717, 1.165) is 5.56 Å². The number of carboxylic acid groups (broad SMARTS) is 1. The second-order valence-corrected chi connectivity index (χ2v) is 3.81. The summed E-state index contributed by atoms with van der Waals surface area (Å²) in [6, 6.07) is 9.65. The van der Waals surface area contributed by atoms with Gasteiger partial charge >= 0.3 is 6.09 Å². The van der Waals surface area contributed by atoms with E-state index < -0.39 is 6.09 Å². The lowest BCUT2D eigenvalue weighted by atomic mass is 10.2. The molecule has 1 aliphatic heterocycles. The van der Waals surface area contributed by atoms with Crippen molar-refractivity contribution in [1.82, 2.24) is 15.1 Å². The Labute approximate surface area is 115 Å². The van der Waals surface area contributed by atoms with Crippen LogP contribution in [-0.4, -0.2) is 32.8 Å². The minimum atomic E-state index is -0.907. The van der Waals surface area contributed by atoms with Crippen LogP contribution in [-0.2, 0) is 0 Å². The summed E-state index contributed by atoms with van der Waals surface area (Å²) in [5.74, 6) is 0.561. The number of allylic oxidation sites excluding steroid dienone is 2. The molecule has 2 heterocycles. The highest BCUT2D eigenvalue weighted by Crippen LogP contribution is 2.13. The molecule has 0 fully saturated rings. The Bertz CT molecular complexity index is 591. The number of hydrogen-bond acceptors (Lipinski definition) is 4. The van der Waals surface area contributed by atoms with Crippen molar-refractivity contribution in [3.05, 3.63) is 61.2 Å². The fourth-order valence-corrected chi connectivity index (χ4v) is 1.49. The van der Waals surface area contributed by atoms with Crippen LogP contribution in [0.15, 0.2) is 65.6 Å². The lowest BCUT2D eigenvalue weighted by molar-refractivity contribution is 0.166. The number of aromatic nitrogens is 2. The standard InChI is InChI=1S/C8H6N2O.C6H7NO2/c1-2-4-7(5-3-1)8-10-9-6-11-8;8-6(9)7-4-2-1-3-5-7/h1-6H;1-4H,5H2,(H,8,9). The van der Waals surface area contributed by atoms with Crippen LogP contribution in [0, 0.1) is 0 Å². The van der Waals surface area contributed by atoms with Crippen LogP contribution in [0.4, 0.5) is 4.79 Å². The van der Waals surface area contributed by atoms with Crippen LogP contribution in [0.3, 0.4) is 0 Å². The summed E-state index contributed by atoms with van der Waals surface area (Å²) in [5.41, 5.74) is 0.949. The second kappa shape index (κ2) is 6.89. The molecule has 6 nitrogen and oxygen atoms in total. The van der Waals surface area contributed by atoms with E-state index in [9.17, 15) is 4.79 Å². The van der Waals surface area contributed by atoms with Crippen LogP contribution in [0.25, 0.3) is 11.5 Å². The Morgan fingerprint density at radius 3 is 2.55 bits per heavy atom. The maximum Gasteiger partial charge on any atom is 0.411 e. The summed E-state index contributed by atoms with van der Waals surface area (Å²) < 4.78 is 5.00. The Hall–Kier alpha value is -2.89. The lowest BCUT2D eigenvalue weighted by Gasteiger charge is -2.12. The third-order valence-electron chi connectivity index (χ3n) is 2.44. The summed E-state index contributed by atoms with van der Waals surface area (Å²) >= 11 is 0. The van der Waals surface area contributed by atoms with Crippen molar-refractivity contribution in [1.29, 1.82) is 0 Å². The molecule has 0 aliphatic carbocycles. The summed E-state index contributed by atoms with van der Waals surface area (Å²) in [7, 11) is 0. The molecule has 102 valence electrons. The van der Waals surface area contributed by atoms with Gasteiger partial charge in [-0.15, -0.1) is 10.2 Å². The zero-order valence-electron chi connectivity index (χ0n) is 10.6. The van der Waals surface area contributed by atoms with E-state index in [1.54, 1.807) is 12.2 Å². The van der Waals surface area contributed by atoms with Crippen LogP contribution >= 0.6 is 0 Å². The third-order valence-corrected chi connectivity index (χ3v) is 2.44. The minimum Gasteiger partial charge on any atom is -0.465 e. The van der Waals surface area contributed by atoms with E-state index in [1.807, 2.05) is 36.4 Å². The van der Waals surface area contributed by atoms with Crippen LogP contribution in [0.1, 0.15) is 0 Å². The van der Waals surface area contributed by atoms with Gasteiger partial charge in [-0.05, 0) is 18.2 Å². The molecule has 3 rings (SSSR count). The maximum atomic E-state index is 10.2. The molecule has 20 heavy (non-hydrogen) atoms. The molecule has 0 spiro atoms. The highest BCUT2D eigenvalue weighted by atomic mass is 16.4. The monoisotopic (exact) mass is 271 g/mol. The SMILES string of the molecule is O=C(O)N1C=CC=CC1.c1ccc(-c2nnco2)cc1. The van der Waals surface area contributed by atoms with Gasteiger partial charge in [0.15, 0.2) is 0 Å². The largest absolute Gasteiger partial charge is 0.465 e. The van der Waals surface area contributed by atoms with Crippen molar-refractivity contribution < 1.29 is 14.3 Å². The van der Waals surface area contributed by atoms with Crippen LogP contribution in [0.5, 0.6) is 0 Å². The molecule has 0 radical (unpaired) electrons. The van der Waals surface area contributed by atoms with Gasteiger partial charge in [0.25, 0.3) is 0 Å². The average Bonchev–Trinajstić information content (AvgIpc) is 3.04. The molecule has 0 saturated heterocycles. The zero-order valence-corrected chi connectivity index (χ0v) is 10.6. The van der Waals surface area contributed by atoms with Gasteiger partial charge < -0.3 is 9.52 Å². The fourth-order valence-electron chi connectivity index (χ4n) is 1.49. The molecule has 6 heteroatoms. The summed E-state index contributed by atoms with van der Waals surface area (Å²) in [4.78, 5) is 11.4. The first-order valence-electron chi connectivity index (χ1n) is 5.92. The first-order valence-corrected chi connectivity index (χ1v) is 5.92. The molecule has 2 aromatic rings. The number of carbonyl (C=O) groups is 1. The number of nitrogens with zero attached hydrogens (tertiary/aromatic N) is 3. The lowest BCUT2D eigenvalue weighted by Crippen LogP contribution is -2.24. The van der Waals surface area contributed by atoms with E-state index in [1.165, 1.54) is 17.5 Å². The highest BCUT2D eigenvalue weighted by Gasteiger charge is 2.05. The average molecular weight is 271 g/mol. The van der Waals surface area contributed by atoms with E-state index in [2.05, 4.69) is 10.2 Å². The fraction of sp³-hybridized carbons (Fsp3) is 0.0714. The van der Waals surface area contributed by atoms with E-state index in [0.29, 0.717) is 12.4 Å². The molecular weight excluding hydrogens is 258 g/mol. The number of rotatable bonds is 1. The molecule has 1 aromatic heterocycles.